The van der Waals surface area contributed by atoms with Gasteiger partial charge in [-0.3, -0.25) is 9.59 Å². The van der Waals surface area contributed by atoms with Gasteiger partial charge >= 0.3 is 0 Å². The molecule has 0 spiro atoms. The van der Waals surface area contributed by atoms with Gasteiger partial charge < -0.3 is 15.5 Å². The fourth-order valence-corrected chi connectivity index (χ4v) is 1.54. The van der Waals surface area contributed by atoms with Crippen LogP contribution in [0.2, 0.25) is 0 Å². The summed E-state index contributed by atoms with van der Waals surface area (Å²) in [6.07, 6.45) is 2.87. The number of nitrogens with zero attached hydrogens (tertiary/aromatic N) is 2. The molecular weight excluding hydrogens is 256 g/mol. The lowest BCUT2D eigenvalue weighted by atomic mass is 10.2. The van der Waals surface area contributed by atoms with E-state index in [1.54, 1.807) is 26.2 Å². The van der Waals surface area contributed by atoms with Crippen LogP contribution in [0.25, 0.3) is 0 Å². The number of nitrogens with one attached hydrogen (secondary N) is 2. The molecule has 0 aromatic carbocycles. The number of carbonyl (C=O) groups is 2. The quantitative estimate of drug-likeness (QED) is 0.783. The van der Waals surface area contributed by atoms with Crippen molar-refractivity contribution in [3.63, 3.8) is 0 Å². The topological polar surface area (TPSA) is 74.3 Å². The minimum atomic E-state index is -0.0806. The molecule has 1 rings (SSSR count). The molecule has 0 atom stereocenters. The smallest absolute Gasteiger partial charge is 0.254 e. The van der Waals surface area contributed by atoms with Crippen LogP contribution in [0.3, 0.4) is 0 Å². The van der Waals surface area contributed by atoms with Crippen molar-refractivity contribution in [1.29, 1.82) is 0 Å². The second-order valence-electron chi connectivity index (χ2n) is 4.66. The Hall–Kier alpha value is -2.11. The Balaban J connectivity index is 2.39. The molecule has 0 fully saturated rings. The van der Waals surface area contributed by atoms with E-state index in [9.17, 15) is 9.59 Å². The maximum atomic E-state index is 11.7. The molecule has 1 heterocycles. The number of hydrogen-bond donors (Lipinski definition) is 2. The lowest BCUT2D eigenvalue weighted by molar-refractivity contribution is -0.120. The molecule has 0 aliphatic heterocycles. The third-order valence-corrected chi connectivity index (χ3v) is 2.65. The van der Waals surface area contributed by atoms with Crippen LogP contribution in [0.4, 0.5) is 5.82 Å². The van der Waals surface area contributed by atoms with Gasteiger partial charge in [0.25, 0.3) is 5.91 Å². The monoisotopic (exact) mass is 278 g/mol. The number of hydrogen-bond acceptors (Lipinski definition) is 4. The van der Waals surface area contributed by atoms with Gasteiger partial charge in [-0.15, -0.1) is 0 Å². The van der Waals surface area contributed by atoms with Crippen molar-refractivity contribution >= 4 is 17.6 Å². The predicted octanol–water partition coefficient (Wildman–Crippen LogP) is 1.11. The Labute approximate surface area is 119 Å². The minimum absolute atomic E-state index is 0.0266. The van der Waals surface area contributed by atoms with Crippen molar-refractivity contribution < 1.29 is 9.59 Å². The number of rotatable bonds is 7. The van der Waals surface area contributed by atoms with Gasteiger partial charge in [0.05, 0.1) is 5.56 Å². The second kappa shape index (κ2) is 8.14. The fourth-order valence-electron chi connectivity index (χ4n) is 1.54. The van der Waals surface area contributed by atoms with Crippen LogP contribution in [0, 0.1) is 0 Å². The van der Waals surface area contributed by atoms with Crippen LogP contribution < -0.4 is 10.6 Å². The van der Waals surface area contributed by atoms with Crippen LogP contribution in [0.5, 0.6) is 0 Å². The Bertz CT molecular complexity index is 443. The first kappa shape index (κ1) is 15.9. The van der Waals surface area contributed by atoms with E-state index in [-0.39, 0.29) is 11.8 Å². The van der Waals surface area contributed by atoms with Crippen LogP contribution in [0.15, 0.2) is 18.3 Å². The average Bonchev–Trinajstić information content (AvgIpc) is 2.45. The molecule has 2 N–H and O–H groups in total. The third kappa shape index (κ3) is 5.26. The highest BCUT2D eigenvalue weighted by Crippen LogP contribution is 2.06. The summed E-state index contributed by atoms with van der Waals surface area (Å²) in [7, 11) is 3.40. The maximum absolute atomic E-state index is 11.7. The van der Waals surface area contributed by atoms with Gasteiger partial charge in [0.2, 0.25) is 5.91 Å². The van der Waals surface area contributed by atoms with Crippen LogP contribution in [0.1, 0.15) is 30.1 Å². The summed E-state index contributed by atoms with van der Waals surface area (Å²) in [5.74, 6) is 0.602. The Morgan fingerprint density at radius 3 is 2.55 bits per heavy atom. The van der Waals surface area contributed by atoms with Crippen LogP contribution >= 0.6 is 0 Å². The first-order valence-corrected chi connectivity index (χ1v) is 6.73. The molecule has 110 valence electrons. The molecule has 1 aromatic rings. The van der Waals surface area contributed by atoms with E-state index in [0.717, 1.165) is 6.42 Å². The SMILES string of the molecule is CCCNC(=O)CCNc1ccc(C(=O)N(C)C)cn1. The molecule has 6 nitrogen and oxygen atoms in total. The molecule has 0 bridgehead atoms. The summed E-state index contributed by atoms with van der Waals surface area (Å²) in [6.45, 7) is 3.24. The third-order valence-electron chi connectivity index (χ3n) is 2.65. The zero-order valence-corrected chi connectivity index (χ0v) is 12.3. The normalized spacial score (nSPS) is 9.95. The first-order valence-electron chi connectivity index (χ1n) is 6.73. The summed E-state index contributed by atoms with van der Waals surface area (Å²) in [4.78, 5) is 28.7. The van der Waals surface area contributed by atoms with E-state index >= 15 is 0 Å². The highest BCUT2D eigenvalue weighted by atomic mass is 16.2. The summed E-state index contributed by atoms with van der Waals surface area (Å²) in [5, 5.41) is 5.86. The summed E-state index contributed by atoms with van der Waals surface area (Å²) < 4.78 is 0. The average molecular weight is 278 g/mol. The van der Waals surface area contributed by atoms with E-state index in [2.05, 4.69) is 15.6 Å². The molecule has 1 aromatic heterocycles. The summed E-state index contributed by atoms with van der Waals surface area (Å²) >= 11 is 0. The standard InChI is InChI=1S/C14H22N4O2/c1-4-8-16-13(19)7-9-15-12-6-5-11(10-17-12)14(20)18(2)3/h5-6,10H,4,7-9H2,1-3H3,(H,15,17)(H,16,19). The van der Waals surface area contributed by atoms with Crippen molar-refractivity contribution in [1.82, 2.24) is 15.2 Å². The largest absolute Gasteiger partial charge is 0.370 e. The summed E-state index contributed by atoms with van der Waals surface area (Å²) in [6, 6.07) is 3.45. The van der Waals surface area contributed by atoms with E-state index in [0.29, 0.717) is 30.9 Å². The minimum Gasteiger partial charge on any atom is -0.370 e. The predicted molar refractivity (Wildman–Crippen MR) is 78.7 cm³/mol. The molecule has 6 heteroatoms. The fraction of sp³-hybridized carbons (Fsp3) is 0.500. The molecule has 2 amide bonds. The van der Waals surface area contributed by atoms with Crippen molar-refractivity contribution in [2.45, 2.75) is 19.8 Å². The van der Waals surface area contributed by atoms with E-state index in [4.69, 9.17) is 0 Å². The molecule has 0 aliphatic rings. The molecule has 20 heavy (non-hydrogen) atoms. The number of anilines is 1. The lowest BCUT2D eigenvalue weighted by Gasteiger charge is -2.10. The van der Waals surface area contributed by atoms with Crippen molar-refractivity contribution in [3.05, 3.63) is 23.9 Å². The van der Waals surface area contributed by atoms with Crippen LogP contribution in [-0.4, -0.2) is 48.9 Å². The van der Waals surface area contributed by atoms with Gasteiger partial charge in [0.15, 0.2) is 0 Å². The highest BCUT2D eigenvalue weighted by Gasteiger charge is 2.08. The Morgan fingerprint density at radius 2 is 2.00 bits per heavy atom. The lowest BCUT2D eigenvalue weighted by Crippen LogP contribution is -2.26. The second-order valence-corrected chi connectivity index (χ2v) is 4.66. The number of aromatic nitrogens is 1. The zero-order chi connectivity index (χ0) is 15.0. The van der Waals surface area contributed by atoms with Crippen molar-refractivity contribution in [3.8, 4) is 0 Å². The zero-order valence-electron chi connectivity index (χ0n) is 12.3. The van der Waals surface area contributed by atoms with Crippen molar-refractivity contribution in [2.75, 3.05) is 32.5 Å². The molecule has 0 unspecified atom stereocenters. The van der Waals surface area contributed by atoms with Gasteiger partial charge in [0.1, 0.15) is 5.82 Å². The van der Waals surface area contributed by atoms with Crippen molar-refractivity contribution in [2.24, 2.45) is 0 Å². The van der Waals surface area contributed by atoms with E-state index in [1.807, 2.05) is 6.92 Å². The number of pyridine rings is 1. The molecule has 0 saturated carbocycles. The van der Waals surface area contributed by atoms with Gasteiger partial charge in [-0.2, -0.15) is 0 Å². The first-order chi connectivity index (χ1) is 9.54. The van der Waals surface area contributed by atoms with Gasteiger partial charge in [0, 0.05) is 39.8 Å². The van der Waals surface area contributed by atoms with E-state index < -0.39 is 0 Å². The number of amides is 2. The Kier molecular flexibility index (Phi) is 6.49. The van der Waals surface area contributed by atoms with Gasteiger partial charge in [-0.25, -0.2) is 4.98 Å². The molecule has 0 aliphatic carbocycles. The Morgan fingerprint density at radius 1 is 1.25 bits per heavy atom. The molecule has 0 saturated heterocycles. The van der Waals surface area contributed by atoms with Gasteiger partial charge in [-0.05, 0) is 18.6 Å². The van der Waals surface area contributed by atoms with Gasteiger partial charge in [-0.1, -0.05) is 6.92 Å². The number of carbonyl (C=O) groups excluding carboxylic acids is 2. The van der Waals surface area contributed by atoms with Crippen LogP contribution in [-0.2, 0) is 4.79 Å². The maximum Gasteiger partial charge on any atom is 0.254 e. The van der Waals surface area contributed by atoms with E-state index in [1.165, 1.54) is 11.1 Å². The highest BCUT2D eigenvalue weighted by molar-refractivity contribution is 5.93. The molecule has 0 radical (unpaired) electrons. The summed E-state index contributed by atoms with van der Waals surface area (Å²) in [5.41, 5.74) is 0.543. The molecular formula is C14H22N4O2.